The van der Waals surface area contributed by atoms with Crippen LogP contribution < -0.4 is 5.32 Å². The van der Waals surface area contributed by atoms with Gasteiger partial charge in [-0.3, -0.25) is 4.79 Å². The third-order valence-corrected chi connectivity index (χ3v) is 5.39. The van der Waals surface area contributed by atoms with Crippen molar-refractivity contribution in [3.05, 3.63) is 88.4 Å². The highest BCUT2D eigenvalue weighted by Crippen LogP contribution is 2.24. The summed E-state index contributed by atoms with van der Waals surface area (Å²) in [4.78, 5) is 21.4. The van der Waals surface area contributed by atoms with Gasteiger partial charge in [0.05, 0.1) is 11.4 Å². The average Bonchev–Trinajstić information content (AvgIpc) is 3.17. The second-order valence-corrected chi connectivity index (χ2v) is 7.87. The van der Waals surface area contributed by atoms with E-state index in [1.54, 1.807) is 59.5 Å². The van der Waals surface area contributed by atoms with Crippen molar-refractivity contribution in [1.82, 2.24) is 25.0 Å². The predicted molar refractivity (Wildman–Crippen MR) is 117 cm³/mol. The fourth-order valence-corrected chi connectivity index (χ4v) is 3.76. The van der Waals surface area contributed by atoms with Crippen molar-refractivity contribution in [3.63, 3.8) is 0 Å². The van der Waals surface area contributed by atoms with E-state index in [1.165, 1.54) is 11.8 Å². The van der Waals surface area contributed by atoms with Crippen LogP contribution in [0.2, 0.25) is 10.0 Å². The lowest BCUT2D eigenvalue weighted by molar-refractivity contribution is 0.102. The molecular weight excluding hydrogens is 443 g/mol. The standard InChI is InChI=1S/C20H14Cl2N6OS/c21-13-5-7-16(8-6-13)28-17(12-30-20-23-9-2-10-24-20)18(26-27-28)19(29)25-15-4-1-3-14(22)11-15/h1-11H,12H2,(H,25,29). The minimum absolute atomic E-state index is 0.202. The van der Waals surface area contributed by atoms with Gasteiger partial charge in [-0.1, -0.05) is 46.2 Å². The Morgan fingerprint density at radius 2 is 1.77 bits per heavy atom. The van der Waals surface area contributed by atoms with Gasteiger partial charge >= 0.3 is 0 Å². The van der Waals surface area contributed by atoms with Crippen molar-refractivity contribution < 1.29 is 4.79 Å². The largest absolute Gasteiger partial charge is 0.320 e. The molecule has 4 rings (SSSR count). The summed E-state index contributed by atoms with van der Waals surface area (Å²) in [5, 5.41) is 12.8. The number of hydrogen-bond donors (Lipinski definition) is 1. The molecule has 0 unspecified atom stereocenters. The SMILES string of the molecule is O=C(Nc1cccc(Cl)c1)c1nnn(-c2ccc(Cl)cc2)c1CSc1ncccn1. The molecule has 10 heteroatoms. The third-order valence-electron chi connectivity index (χ3n) is 4.01. The number of nitrogens with one attached hydrogen (secondary N) is 1. The van der Waals surface area contributed by atoms with E-state index in [1.807, 2.05) is 12.1 Å². The molecule has 2 aromatic heterocycles. The summed E-state index contributed by atoms with van der Waals surface area (Å²) in [6.45, 7) is 0. The van der Waals surface area contributed by atoms with E-state index in [2.05, 4.69) is 25.6 Å². The number of rotatable bonds is 6. The number of nitrogens with zero attached hydrogens (tertiary/aromatic N) is 5. The fourth-order valence-electron chi connectivity index (χ4n) is 2.65. The molecule has 0 bridgehead atoms. The van der Waals surface area contributed by atoms with E-state index in [4.69, 9.17) is 23.2 Å². The molecule has 0 aliphatic rings. The van der Waals surface area contributed by atoms with E-state index in [9.17, 15) is 4.79 Å². The summed E-state index contributed by atoms with van der Waals surface area (Å²) in [5.41, 5.74) is 2.11. The number of aromatic nitrogens is 5. The van der Waals surface area contributed by atoms with Crippen LogP contribution in [0.15, 0.2) is 72.1 Å². The summed E-state index contributed by atoms with van der Waals surface area (Å²) < 4.78 is 1.61. The molecule has 150 valence electrons. The minimum Gasteiger partial charge on any atom is -0.320 e. The number of carbonyl (C=O) groups is 1. The van der Waals surface area contributed by atoms with Crippen molar-refractivity contribution in [2.45, 2.75) is 10.9 Å². The smallest absolute Gasteiger partial charge is 0.278 e. The summed E-state index contributed by atoms with van der Waals surface area (Å²) >= 11 is 13.4. The zero-order valence-corrected chi connectivity index (χ0v) is 17.7. The van der Waals surface area contributed by atoms with Gasteiger partial charge in [-0.15, -0.1) is 5.10 Å². The Bertz CT molecular complexity index is 1170. The van der Waals surface area contributed by atoms with Crippen LogP contribution in [0, 0.1) is 0 Å². The Balaban J connectivity index is 1.66. The van der Waals surface area contributed by atoms with Crippen LogP contribution in [0.1, 0.15) is 16.2 Å². The first-order chi connectivity index (χ1) is 14.6. The Morgan fingerprint density at radius 1 is 1.00 bits per heavy atom. The molecule has 0 atom stereocenters. The normalized spacial score (nSPS) is 10.7. The highest BCUT2D eigenvalue weighted by molar-refractivity contribution is 7.98. The minimum atomic E-state index is -0.387. The van der Waals surface area contributed by atoms with Crippen molar-refractivity contribution >= 4 is 46.6 Å². The van der Waals surface area contributed by atoms with Crippen LogP contribution in [0.25, 0.3) is 5.69 Å². The van der Waals surface area contributed by atoms with Gasteiger partial charge in [0.1, 0.15) is 0 Å². The molecule has 30 heavy (non-hydrogen) atoms. The summed E-state index contributed by atoms with van der Waals surface area (Å²) in [6.07, 6.45) is 3.33. The molecule has 7 nitrogen and oxygen atoms in total. The topological polar surface area (TPSA) is 85.6 Å². The lowest BCUT2D eigenvalue weighted by Gasteiger charge is -2.09. The quantitative estimate of drug-likeness (QED) is 0.327. The zero-order chi connectivity index (χ0) is 20.9. The number of carbonyl (C=O) groups excluding carboxylic acids is 1. The summed E-state index contributed by atoms with van der Waals surface area (Å²) in [7, 11) is 0. The number of benzene rings is 2. The lowest BCUT2D eigenvalue weighted by atomic mass is 10.2. The van der Waals surface area contributed by atoms with Crippen LogP contribution in [-0.2, 0) is 5.75 Å². The maximum absolute atomic E-state index is 12.9. The van der Waals surface area contributed by atoms with E-state index in [0.717, 1.165) is 5.69 Å². The second kappa shape index (κ2) is 9.25. The van der Waals surface area contributed by atoms with Crippen molar-refractivity contribution in [3.8, 4) is 5.69 Å². The highest BCUT2D eigenvalue weighted by Gasteiger charge is 2.21. The number of thioether (sulfide) groups is 1. The van der Waals surface area contributed by atoms with Gasteiger partial charge in [-0.2, -0.15) is 0 Å². The summed E-state index contributed by atoms with van der Waals surface area (Å²) in [6, 6.07) is 15.8. The van der Waals surface area contributed by atoms with E-state index in [-0.39, 0.29) is 11.6 Å². The number of anilines is 1. The van der Waals surface area contributed by atoms with Gasteiger partial charge in [0.15, 0.2) is 10.9 Å². The van der Waals surface area contributed by atoms with E-state index in [0.29, 0.717) is 32.3 Å². The molecule has 4 aromatic rings. The van der Waals surface area contributed by atoms with Crippen LogP contribution in [0.3, 0.4) is 0 Å². The number of halogens is 2. The molecule has 0 saturated carbocycles. The Morgan fingerprint density at radius 3 is 2.50 bits per heavy atom. The van der Waals surface area contributed by atoms with Crippen molar-refractivity contribution in [2.75, 3.05) is 5.32 Å². The first-order valence-corrected chi connectivity index (χ1v) is 10.5. The van der Waals surface area contributed by atoms with Crippen LogP contribution in [0.5, 0.6) is 0 Å². The monoisotopic (exact) mass is 456 g/mol. The van der Waals surface area contributed by atoms with Gasteiger partial charge in [0, 0.05) is 33.9 Å². The Hall–Kier alpha value is -2.94. The van der Waals surface area contributed by atoms with Crippen LogP contribution in [-0.4, -0.2) is 30.9 Å². The molecule has 2 aromatic carbocycles. The van der Waals surface area contributed by atoms with Gasteiger partial charge in [0.2, 0.25) is 0 Å². The first kappa shape index (κ1) is 20.3. The number of hydrogen-bond acceptors (Lipinski definition) is 6. The maximum atomic E-state index is 12.9. The van der Waals surface area contributed by atoms with E-state index < -0.39 is 0 Å². The molecule has 2 heterocycles. The van der Waals surface area contributed by atoms with Crippen molar-refractivity contribution in [2.24, 2.45) is 0 Å². The van der Waals surface area contributed by atoms with Crippen LogP contribution >= 0.6 is 35.0 Å². The maximum Gasteiger partial charge on any atom is 0.278 e. The Labute approximate surface area is 186 Å². The molecule has 0 saturated heterocycles. The zero-order valence-electron chi connectivity index (χ0n) is 15.4. The molecule has 1 N–H and O–H groups in total. The van der Waals surface area contributed by atoms with E-state index >= 15 is 0 Å². The van der Waals surface area contributed by atoms with Crippen molar-refractivity contribution in [1.29, 1.82) is 0 Å². The van der Waals surface area contributed by atoms with Crippen LogP contribution in [0.4, 0.5) is 5.69 Å². The Kier molecular flexibility index (Phi) is 6.27. The summed E-state index contributed by atoms with van der Waals surface area (Å²) in [5.74, 6) is -0.000137. The highest BCUT2D eigenvalue weighted by atomic mass is 35.5. The first-order valence-electron chi connectivity index (χ1n) is 8.77. The molecule has 0 spiro atoms. The molecule has 0 aliphatic heterocycles. The molecule has 0 fully saturated rings. The third kappa shape index (κ3) is 4.79. The molecule has 1 amide bonds. The molecule has 0 aliphatic carbocycles. The van der Waals surface area contributed by atoms with Gasteiger partial charge < -0.3 is 5.32 Å². The predicted octanol–water partition coefficient (Wildman–Crippen LogP) is 4.91. The fraction of sp³-hybridized carbons (Fsp3) is 0.0500. The van der Waals surface area contributed by atoms with Gasteiger partial charge in [-0.05, 0) is 48.5 Å². The molecular formula is C20H14Cl2N6OS. The second-order valence-electron chi connectivity index (χ2n) is 6.06. The molecule has 0 radical (unpaired) electrons. The average molecular weight is 457 g/mol. The lowest BCUT2D eigenvalue weighted by Crippen LogP contribution is -2.15. The van der Waals surface area contributed by atoms with Gasteiger partial charge in [-0.25, -0.2) is 14.6 Å². The number of amides is 1. The van der Waals surface area contributed by atoms with Gasteiger partial charge in [0.25, 0.3) is 5.91 Å².